The maximum atomic E-state index is 12.7. The lowest BCUT2D eigenvalue weighted by Gasteiger charge is -2.19. The Morgan fingerprint density at radius 3 is 2.48 bits per heavy atom. The summed E-state index contributed by atoms with van der Waals surface area (Å²) in [5.41, 5.74) is 0. The summed E-state index contributed by atoms with van der Waals surface area (Å²) in [7, 11) is -4.10. The molecule has 0 saturated heterocycles. The second kappa shape index (κ2) is 6.95. The van der Waals surface area contributed by atoms with E-state index in [1.807, 2.05) is 4.72 Å². The molecule has 0 fully saturated rings. The number of hydrogen-bond donors (Lipinski definition) is 2. The fourth-order valence-corrected chi connectivity index (χ4v) is 4.01. The van der Waals surface area contributed by atoms with Crippen LogP contribution >= 0.6 is 22.9 Å². The summed E-state index contributed by atoms with van der Waals surface area (Å²) in [5, 5.41) is 8.42. The van der Waals surface area contributed by atoms with Gasteiger partial charge < -0.3 is 5.11 Å². The number of alkyl halides is 3. The number of hydrogen-bond acceptors (Lipinski definition) is 4. The molecule has 21 heavy (non-hydrogen) atoms. The van der Waals surface area contributed by atoms with E-state index < -0.39 is 47.5 Å². The van der Waals surface area contributed by atoms with Crippen LogP contribution in [0.5, 0.6) is 0 Å². The molecule has 0 aliphatic heterocycles. The highest BCUT2D eigenvalue weighted by Crippen LogP contribution is 2.30. The molecule has 2 N–H and O–H groups in total. The van der Waals surface area contributed by atoms with E-state index in [1.165, 1.54) is 12.1 Å². The number of nitrogens with one attached hydrogen (secondary N) is 1. The van der Waals surface area contributed by atoms with Gasteiger partial charge in [-0.3, -0.25) is 4.79 Å². The predicted octanol–water partition coefficient (Wildman–Crippen LogP) is 2.72. The highest BCUT2D eigenvalue weighted by Gasteiger charge is 2.40. The summed E-state index contributed by atoms with van der Waals surface area (Å²) in [4.78, 5) is 10.3. The Kier molecular flexibility index (Phi) is 6.02. The van der Waals surface area contributed by atoms with Gasteiger partial charge in [-0.15, -0.1) is 11.3 Å². The predicted molar refractivity (Wildman–Crippen MR) is 70.9 cm³/mol. The molecule has 0 aromatic carbocycles. The maximum Gasteiger partial charge on any atom is 0.393 e. The van der Waals surface area contributed by atoms with Crippen molar-refractivity contribution >= 4 is 38.9 Å². The van der Waals surface area contributed by atoms with Crippen molar-refractivity contribution in [2.24, 2.45) is 5.92 Å². The molecule has 0 aliphatic rings. The molecule has 0 saturated carbocycles. The number of thiophene rings is 1. The van der Waals surface area contributed by atoms with Crippen molar-refractivity contribution in [1.29, 1.82) is 0 Å². The van der Waals surface area contributed by atoms with E-state index in [1.54, 1.807) is 0 Å². The van der Waals surface area contributed by atoms with Crippen LogP contribution in [0.15, 0.2) is 16.3 Å². The van der Waals surface area contributed by atoms with Crippen LogP contribution in [-0.2, 0) is 14.8 Å². The van der Waals surface area contributed by atoms with Gasteiger partial charge in [0.05, 0.1) is 10.3 Å². The third-order valence-corrected chi connectivity index (χ3v) is 5.65. The molecule has 0 amide bonds. The van der Waals surface area contributed by atoms with E-state index in [0.717, 1.165) is 0 Å². The Labute approximate surface area is 127 Å². The minimum atomic E-state index is -4.69. The average molecular weight is 366 g/mol. The zero-order valence-electron chi connectivity index (χ0n) is 10.4. The van der Waals surface area contributed by atoms with Crippen LogP contribution < -0.4 is 4.72 Å². The highest BCUT2D eigenvalue weighted by atomic mass is 35.5. The first-order chi connectivity index (χ1) is 9.52. The van der Waals surface area contributed by atoms with Gasteiger partial charge in [0.15, 0.2) is 0 Å². The van der Waals surface area contributed by atoms with Crippen molar-refractivity contribution in [3.63, 3.8) is 0 Å². The lowest BCUT2D eigenvalue weighted by molar-refractivity contribution is -0.175. The zero-order valence-corrected chi connectivity index (χ0v) is 12.7. The third-order valence-electron chi connectivity index (χ3n) is 2.50. The number of carboxylic acid groups (broad SMARTS) is 1. The molecule has 1 heterocycles. The molecule has 120 valence electrons. The van der Waals surface area contributed by atoms with Gasteiger partial charge in [-0.1, -0.05) is 11.6 Å². The van der Waals surface area contributed by atoms with Crippen LogP contribution in [0.1, 0.15) is 12.8 Å². The molecule has 0 spiro atoms. The van der Waals surface area contributed by atoms with E-state index in [9.17, 15) is 26.4 Å². The van der Waals surface area contributed by atoms with Gasteiger partial charge in [-0.05, 0) is 18.6 Å². The van der Waals surface area contributed by atoms with Crippen LogP contribution in [0.25, 0.3) is 0 Å². The van der Waals surface area contributed by atoms with E-state index in [0.29, 0.717) is 11.3 Å². The van der Waals surface area contributed by atoms with Crippen molar-refractivity contribution in [1.82, 2.24) is 4.72 Å². The van der Waals surface area contributed by atoms with Crippen molar-refractivity contribution < 1.29 is 31.5 Å². The first-order valence-corrected chi connectivity index (χ1v) is 8.23. The molecular formula is C10H11ClF3NO4S2. The topological polar surface area (TPSA) is 83.5 Å². The molecule has 1 unspecified atom stereocenters. The van der Waals surface area contributed by atoms with E-state index in [4.69, 9.17) is 16.7 Å². The van der Waals surface area contributed by atoms with Crippen LogP contribution in [0.2, 0.25) is 4.34 Å². The molecule has 0 aliphatic carbocycles. The second-order valence-electron chi connectivity index (χ2n) is 4.08. The van der Waals surface area contributed by atoms with Gasteiger partial charge in [0.25, 0.3) is 0 Å². The quantitative estimate of drug-likeness (QED) is 0.778. The van der Waals surface area contributed by atoms with Gasteiger partial charge in [0, 0.05) is 13.0 Å². The molecule has 11 heteroatoms. The molecule has 1 rings (SSSR count). The number of halogens is 4. The Balaban J connectivity index is 2.74. The van der Waals surface area contributed by atoms with Gasteiger partial charge in [-0.25, -0.2) is 13.1 Å². The van der Waals surface area contributed by atoms with E-state index in [-0.39, 0.29) is 8.55 Å². The maximum absolute atomic E-state index is 12.7. The summed E-state index contributed by atoms with van der Waals surface area (Å²) in [5.74, 6) is -3.45. The lowest BCUT2D eigenvalue weighted by atomic mass is 10.0. The fourth-order valence-electron chi connectivity index (χ4n) is 1.40. The monoisotopic (exact) mass is 365 g/mol. The summed E-state index contributed by atoms with van der Waals surface area (Å²) in [6.45, 7) is -0.922. The lowest BCUT2D eigenvalue weighted by Crippen LogP contribution is -2.36. The number of aliphatic carboxylic acids is 1. The van der Waals surface area contributed by atoms with Crippen molar-refractivity contribution in [2.75, 3.05) is 6.54 Å². The minimum Gasteiger partial charge on any atom is -0.481 e. The molecule has 0 bridgehead atoms. The smallest absolute Gasteiger partial charge is 0.393 e. The molecular weight excluding hydrogens is 355 g/mol. The number of carbonyl (C=O) groups is 1. The average Bonchev–Trinajstić information content (AvgIpc) is 2.74. The van der Waals surface area contributed by atoms with Crippen LogP contribution in [-0.4, -0.2) is 32.2 Å². The summed E-state index contributed by atoms with van der Waals surface area (Å²) in [6.07, 6.45) is -6.09. The Hall–Kier alpha value is -0.840. The van der Waals surface area contributed by atoms with Gasteiger partial charge >= 0.3 is 12.1 Å². The van der Waals surface area contributed by atoms with Crippen LogP contribution in [0.3, 0.4) is 0 Å². The first kappa shape index (κ1) is 18.2. The third kappa shape index (κ3) is 5.81. The second-order valence-corrected chi connectivity index (χ2v) is 7.79. The van der Waals surface area contributed by atoms with Gasteiger partial charge in [0.2, 0.25) is 10.0 Å². The molecule has 1 atom stereocenters. The van der Waals surface area contributed by atoms with Gasteiger partial charge in [-0.2, -0.15) is 13.2 Å². The Bertz CT molecular complexity index is 600. The van der Waals surface area contributed by atoms with E-state index >= 15 is 0 Å². The Morgan fingerprint density at radius 2 is 2.05 bits per heavy atom. The summed E-state index contributed by atoms with van der Waals surface area (Å²) >= 11 is 6.28. The normalized spacial score (nSPS) is 14.1. The standard InChI is InChI=1S/C10H11ClF3NO4S2/c11-7-2-4-9(20-7)21(18,19)15-5-6(10(12,13)14)1-3-8(16)17/h2,4,6,15H,1,3,5H2,(H,16,17). The van der Waals surface area contributed by atoms with Crippen molar-refractivity contribution in [2.45, 2.75) is 23.2 Å². The number of sulfonamides is 1. The zero-order chi connectivity index (χ0) is 16.3. The van der Waals surface area contributed by atoms with Crippen molar-refractivity contribution in [3.05, 3.63) is 16.5 Å². The van der Waals surface area contributed by atoms with Crippen LogP contribution in [0, 0.1) is 5.92 Å². The number of rotatable bonds is 7. The number of carboxylic acids is 1. The summed E-state index contributed by atoms with van der Waals surface area (Å²) in [6, 6.07) is 2.49. The summed E-state index contributed by atoms with van der Waals surface area (Å²) < 4.78 is 63.5. The Morgan fingerprint density at radius 1 is 1.43 bits per heavy atom. The molecule has 0 radical (unpaired) electrons. The minimum absolute atomic E-state index is 0.189. The molecule has 5 nitrogen and oxygen atoms in total. The SMILES string of the molecule is O=C(O)CCC(CNS(=O)(=O)c1ccc(Cl)s1)C(F)(F)F. The highest BCUT2D eigenvalue weighted by molar-refractivity contribution is 7.91. The van der Waals surface area contributed by atoms with Crippen molar-refractivity contribution in [3.8, 4) is 0 Å². The molecule has 1 aromatic rings. The van der Waals surface area contributed by atoms with Gasteiger partial charge in [0.1, 0.15) is 4.21 Å². The van der Waals surface area contributed by atoms with E-state index in [2.05, 4.69) is 0 Å². The molecule has 1 aromatic heterocycles. The first-order valence-electron chi connectivity index (χ1n) is 5.56. The largest absolute Gasteiger partial charge is 0.481 e. The fraction of sp³-hybridized carbons (Fsp3) is 0.500. The van der Waals surface area contributed by atoms with Crippen LogP contribution in [0.4, 0.5) is 13.2 Å².